The van der Waals surface area contributed by atoms with Crippen molar-refractivity contribution in [1.29, 1.82) is 0 Å². The van der Waals surface area contributed by atoms with Gasteiger partial charge in [0.05, 0.1) is 22.5 Å². The molecule has 3 unspecified atom stereocenters. The van der Waals surface area contributed by atoms with Gasteiger partial charge in [-0.1, -0.05) is 68.4 Å². The molecule has 3 aromatic rings. The molecule has 0 saturated heterocycles. The molecule has 0 aromatic heterocycles. The van der Waals surface area contributed by atoms with Crippen LogP contribution in [0.3, 0.4) is 0 Å². The van der Waals surface area contributed by atoms with Crippen LogP contribution in [-0.2, 0) is 27.4 Å². The summed E-state index contributed by atoms with van der Waals surface area (Å²) < 4.78 is 68.6. The fourth-order valence-electron chi connectivity index (χ4n) is 5.23. The van der Waals surface area contributed by atoms with Crippen LogP contribution in [0.25, 0.3) is 0 Å². The summed E-state index contributed by atoms with van der Waals surface area (Å²) in [5.74, 6) is 0.184. The third-order valence-electron chi connectivity index (χ3n) is 7.51. The molecular formula is C32H38F3N3O3S. The molecule has 42 heavy (non-hydrogen) atoms. The number of amides is 1. The van der Waals surface area contributed by atoms with Crippen LogP contribution >= 0.6 is 0 Å². The Bertz CT molecular complexity index is 1480. The van der Waals surface area contributed by atoms with Gasteiger partial charge in [0.1, 0.15) is 0 Å². The van der Waals surface area contributed by atoms with Crippen molar-refractivity contribution in [3.8, 4) is 0 Å². The third kappa shape index (κ3) is 8.20. The zero-order valence-electron chi connectivity index (χ0n) is 24.0. The Morgan fingerprint density at radius 1 is 0.952 bits per heavy atom. The Morgan fingerprint density at radius 3 is 2.38 bits per heavy atom. The highest BCUT2D eigenvalue weighted by Crippen LogP contribution is 2.33. The van der Waals surface area contributed by atoms with E-state index in [0.29, 0.717) is 17.5 Å². The van der Waals surface area contributed by atoms with Crippen LogP contribution in [0.15, 0.2) is 77.7 Å². The second kappa shape index (κ2) is 13.4. The summed E-state index contributed by atoms with van der Waals surface area (Å²) in [5.41, 5.74) is 2.89. The monoisotopic (exact) mass is 601 g/mol. The van der Waals surface area contributed by atoms with Crippen LogP contribution in [0.1, 0.15) is 86.0 Å². The Labute approximate surface area is 246 Å². The summed E-state index contributed by atoms with van der Waals surface area (Å²) in [5, 5.41) is 6.63. The molecule has 0 heterocycles. The first-order valence-electron chi connectivity index (χ1n) is 14.2. The topological polar surface area (TPSA) is 87.3 Å². The van der Waals surface area contributed by atoms with Crippen LogP contribution in [0.2, 0.25) is 0 Å². The number of halogens is 3. The molecule has 3 aromatic carbocycles. The predicted octanol–water partition coefficient (Wildman–Crippen LogP) is 6.62. The Hall–Kier alpha value is -3.21. The molecule has 226 valence electrons. The molecule has 4 rings (SSSR count). The van der Waals surface area contributed by atoms with Gasteiger partial charge in [-0.3, -0.25) is 4.79 Å². The first-order chi connectivity index (χ1) is 19.8. The van der Waals surface area contributed by atoms with Crippen molar-refractivity contribution in [1.82, 2.24) is 15.4 Å². The number of carbonyl (C=O) groups excluding carboxylic acids is 1. The highest BCUT2D eigenvalue weighted by molar-refractivity contribution is 7.89. The zero-order chi connectivity index (χ0) is 30.5. The van der Waals surface area contributed by atoms with Crippen molar-refractivity contribution in [3.05, 3.63) is 101 Å². The maximum Gasteiger partial charge on any atom is 0.416 e. The van der Waals surface area contributed by atoms with Gasteiger partial charge in [0.25, 0.3) is 0 Å². The average molecular weight is 602 g/mol. The van der Waals surface area contributed by atoms with Gasteiger partial charge in [-0.25, -0.2) is 13.1 Å². The summed E-state index contributed by atoms with van der Waals surface area (Å²) in [7, 11) is -4.38. The van der Waals surface area contributed by atoms with Gasteiger partial charge in [0.2, 0.25) is 15.9 Å². The van der Waals surface area contributed by atoms with Crippen LogP contribution < -0.4 is 15.4 Å². The predicted molar refractivity (Wildman–Crippen MR) is 157 cm³/mol. The van der Waals surface area contributed by atoms with E-state index in [9.17, 15) is 26.4 Å². The second-order valence-electron chi connectivity index (χ2n) is 11.3. The molecule has 3 N–H and O–H groups in total. The van der Waals surface area contributed by atoms with E-state index in [1.807, 2.05) is 0 Å². The van der Waals surface area contributed by atoms with Gasteiger partial charge < -0.3 is 10.6 Å². The van der Waals surface area contributed by atoms with E-state index in [0.717, 1.165) is 49.6 Å². The van der Waals surface area contributed by atoms with Gasteiger partial charge in [-0.05, 0) is 79.1 Å². The van der Waals surface area contributed by atoms with Crippen molar-refractivity contribution < 1.29 is 26.4 Å². The maximum atomic E-state index is 13.3. The molecule has 0 saturated carbocycles. The second-order valence-corrected chi connectivity index (χ2v) is 13.0. The molecule has 1 amide bonds. The first-order valence-corrected chi connectivity index (χ1v) is 15.7. The number of fused-ring (bicyclic) bond motifs is 1. The van der Waals surface area contributed by atoms with Crippen molar-refractivity contribution in [2.75, 3.05) is 6.54 Å². The largest absolute Gasteiger partial charge is 0.416 e. The standard InChI is InChI=1S/C32H38F3N3O3S/c1-21(2)20-36-22(3)24-15-16-28-25(17-24)11-7-14-29(28)37-31(39)19-30(23-9-5-4-6-10-23)38-42(40,41)27-13-8-12-26(18-27)32(33,34)35/h4-6,8-10,12-13,15-18,21-22,29-30,36,38H,7,11,14,19-20H2,1-3H3,(H,37,39). The lowest BCUT2D eigenvalue weighted by molar-refractivity contribution is -0.137. The molecule has 3 atom stereocenters. The fraction of sp³-hybridized carbons (Fsp3) is 0.406. The van der Waals surface area contributed by atoms with Gasteiger partial charge in [0.15, 0.2) is 0 Å². The SMILES string of the molecule is CC(C)CNC(C)c1ccc2c(c1)CCCC2NC(=O)CC(NS(=O)(=O)c1cccc(C(F)(F)F)c1)c1ccccc1. The molecule has 1 aliphatic carbocycles. The average Bonchev–Trinajstić information content (AvgIpc) is 2.95. The molecule has 6 nitrogen and oxygen atoms in total. The molecule has 10 heteroatoms. The summed E-state index contributed by atoms with van der Waals surface area (Å²) in [6.07, 6.45) is -2.34. The van der Waals surface area contributed by atoms with Crippen molar-refractivity contribution in [2.24, 2.45) is 5.92 Å². The quantitative estimate of drug-likeness (QED) is 0.231. The van der Waals surface area contributed by atoms with E-state index in [2.05, 4.69) is 54.3 Å². The number of carbonyl (C=O) groups is 1. The van der Waals surface area contributed by atoms with Crippen LogP contribution in [0, 0.1) is 5.92 Å². The van der Waals surface area contributed by atoms with E-state index in [1.165, 1.54) is 11.1 Å². The highest BCUT2D eigenvalue weighted by Gasteiger charge is 2.33. The number of rotatable bonds is 11. The van der Waals surface area contributed by atoms with E-state index in [-0.39, 0.29) is 24.4 Å². The first kappa shape index (κ1) is 31.7. The fourth-order valence-corrected chi connectivity index (χ4v) is 6.50. The number of aryl methyl sites for hydroxylation is 1. The summed E-state index contributed by atoms with van der Waals surface area (Å²) in [6, 6.07) is 17.4. The van der Waals surface area contributed by atoms with Crippen molar-refractivity contribution in [2.45, 2.75) is 75.7 Å². The third-order valence-corrected chi connectivity index (χ3v) is 8.98. The lowest BCUT2D eigenvalue weighted by atomic mass is 9.85. The molecular weight excluding hydrogens is 563 g/mol. The number of benzene rings is 3. The van der Waals surface area contributed by atoms with Gasteiger partial charge >= 0.3 is 6.18 Å². The lowest BCUT2D eigenvalue weighted by Gasteiger charge is -2.29. The van der Waals surface area contributed by atoms with Crippen LogP contribution in [0.4, 0.5) is 13.2 Å². The number of hydrogen-bond donors (Lipinski definition) is 3. The molecule has 0 radical (unpaired) electrons. The summed E-state index contributed by atoms with van der Waals surface area (Å²) >= 11 is 0. The smallest absolute Gasteiger partial charge is 0.349 e. The maximum absolute atomic E-state index is 13.3. The van der Waals surface area contributed by atoms with Crippen LogP contribution in [-0.4, -0.2) is 20.9 Å². The lowest BCUT2D eigenvalue weighted by Crippen LogP contribution is -2.36. The molecule has 0 aliphatic heterocycles. The Kier molecular flexibility index (Phi) is 10.1. The number of nitrogens with one attached hydrogen (secondary N) is 3. The minimum atomic E-state index is -4.69. The molecule has 0 spiro atoms. The van der Waals surface area contributed by atoms with E-state index in [1.54, 1.807) is 30.3 Å². The highest BCUT2D eigenvalue weighted by atomic mass is 32.2. The van der Waals surface area contributed by atoms with Crippen molar-refractivity contribution >= 4 is 15.9 Å². The summed E-state index contributed by atoms with van der Waals surface area (Å²) in [6.45, 7) is 7.38. The zero-order valence-corrected chi connectivity index (χ0v) is 24.9. The Balaban J connectivity index is 1.51. The van der Waals surface area contributed by atoms with E-state index >= 15 is 0 Å². The van der Waals surface area contributed by atoms with Gasteiger partial charge in [-0.15, -0.1) is 0 Å². The number of sulfonamides is 1. The van der Waals surface area contributed by atoms with Gasteiger partial charge in [-0.2, -0.15) is 13.2 Å². The van der Waals surface area contributed by atoms with E-state index < -0.39 is 32.7 Å². The Morgan fingerprint density at radius 2 is 1.69 bits per heavy atom. The van der Waals surface area contributed by atoms with E-state index in [4.69, 9.17) is 0 Å². The number of hydrogen-bond acceptors (Lipinski definition) is 4. The minimum absolute atomic E-state index is 0.198. The van der Waals surface area contributed by atoms with Crippen molar-refractivity contribution in [3.63, 3.8) is 0 Å². The molecule has 1 aliphatic rings. The minimum Gasteiger partial charge on any atom is -0.349 e. The van der Waals surface area contributed by atoms with Crippen LogP contribution in [0.5, 0.6) is 0 Å². The summed E-state index contributed by atoms with van der Waals surface area (Å²) in [4.78, 5) is 12.8. The normalized spacial score (nSPS) is 17.0. The molecule has 0 fully saturated rings. The van der Waals surface area contributed by atoms with Gasteiger partial charge in [0, 0.05) is 12.5 Å². The molecule has 0 bridgehead atoms. The number of alkyl halides is 3.